The summed E-state index contributed by atoms with van der Waals surface area (Å²) >= 11 is 1.69. The third-order valence-corrected chi connectivity index (χ3v) is 2.91. The fraction of sp³-hybridized carbons (Fsp3) is 0.167. The van der Waals surface area contributed by atoms with E-state index in [1.807, 2.05) is 30.7 Å². The first-order chi connectivity index (χ1) is 7.88. The van der Waals surface area contributed by atoms with Crippen molar-refractivity contribution in [2.75, 3.05) is 11.6 Å². The van der Waals surface area contributed by atoms with Crippen LogP contribution in [0.15, 0.2) is 47.8 Å². The molecule has 2 aromatic heterocycles. The van der Waals surface area contributed by atoms with E-state index in [0.717, 1.165) is 12.4 Å². The first-order valence-electron chi connectivity index (χ1n) is 5.01. The average molecular weight is 231 g/mol. The molecule has 0 aliphatic carbocycles. The number of pyridine rings is 2. The normalized spacial score (nSPS) is 10.1. The fourth-order valence-corrected chi connectivity index (χ4v) is 1.66. The molecule has 0 fully saturated rings. The molecule has 4 heteroatoms. The molecule has 0 amide bonds. The van der Waals surface area contributed by atoms with Crippen LogP contribution in [0.1, 0.15) is 5.56 Å². The third-order valence-electron chi connectivity index (χ3n) is 2.20. The molecule has 0 atom stereocenters. The highest BCUT2D eigenvalue weighted by atomic mass is 32.2. The van der Waals surface area contributed by atoms with E-state index in [1.54, 1.807) is 24.2 Å². The van der Waals surface area contributed by atoms with Gasteiger partial charge < -0.3 is 5.32 Å². The summed E-state index contributed by atoms with van der Waals surface area (Å²) in [6, 6.07) is 8.03. The van der Waals surface area contributed by atoms with Crippen LogP contribution in [-0.2, 0) is 6.54 Å². The SMILES string of the molecule is CSc1ccc(NCc2ccncc2)nc1. The minimum atomic E-state index is 0.772. The zero-order chi connectivity index (χ0) is 11.2. The van der Waals surface area contributed by atoms with Crippen LogP contribution in [0.25, 0.3) is 0 Å². The number of hydrogen-bond donors (Lipinski definition) is 1. The van der Waals surface area contributed by atoms with Crippen LogP contribution in [0.2, 0.25) is 0 Å². The van der Waals surface area contributed by atoms with Crippen LogP contribution in [-0.4, -0.2) is 16.2 Å². The van der Waals surface area contributed by atoms with E-state index in [0.29, 0.717) is 0 Å². The summed E-state index contributed by atoms with van der Waals surface area (Å²) in [5.74, 6) is 0.898. The van der Waals surface area contributed by atoms with Crippen molar-refractivity contribution in [2.24, 2.45) is 0 Å². The molecule has 0 aromatic carbocycles. The monoisotopic (exact) mass is 231 g/mol. The standard InChI is InChI=1S/C12H13N3S/c1-16-11-2-3-12(15-9-11)14-8-10-4-6-13-7-5-10/h2-7,9H,8H2,1H3,(H,14,15). The van der Waals surface area contributed by atoms with Gasteiger partial charge in [0.05, 0.1) is 0 Å². The molecule has 1 N–H and O–H groups in total. The zero-order valence-electron chi connectivity index (χ0n) is 9.05. The Morgan fingerprint density at radius 2 is 2.00 bits per heavy atom. The van der Waals surface area contributed by atoms with E-state index in [2.05, 4.69) is 21.4 Å². The molecule has 0 unspecified atom stereocenters. The highest BCUT2D eigenvalue weighted by molar-refractivity contribution is 7.98. The number of hydrogen-bond acceptors (Lipinski definition) is 4. The lowest BCUT2D eigenvalue weighted by molar-refractivity contribution is 1.09. The number of anilines is 1. The summed E-state index contributed by atoms with van der Waals surface area (Å²) in [4.78, 5) is 9.47. The van der Waals surface area contributed by atoms with Crippen molar-refractivity contribution in [1.29, 1.82) is 0 Å². The first-order valence-corrected chi connectivity index (χ1v) is 6.24. The van der Waals surface area contributed by atoms with E-state index in [1.165, 1.54) is 10.5 Å². The Balaban J connectivity index is 1.94. The molecule has 0 radical (unpaired) electrons. The second-order valence-electron chi connectivity index (χ2n) is 3.29. The van der Waals surface area contributed by atoms with E-state index >= 15 is 0 Å². The van der Waals surface area contributed by atoms with Gasteiger partial charge in [0.2, 0.25) is 0 Å². The molecule has 0 bridgehead atoms. The van der Waals surface area contributed by atoms with E-state index < -0.39 is 0 Å². The maximum atomic E-state index is 4.32. The van der Waals surface area contributed by atoms with Crippen molar-refractivity contribution in [3.05, 3.63) is 48.4 Å². The third kappa shape index (κ3) is 2.97. The molecular weight excluding hydrogens is 218 g/mol. The minimum Gasteiger partial charge on any atom is -0.366 e. The van der Waals surface area contributed by atoms with Crippen molar-refractivity contribution < 1.29 is 0 Å². The summed E-state index contributed by atoms with van der Waals surface area (Å²) in [7, 11) is 0. The van der Waals surface area contributed by atoms with Crippen molar-refractivity contribution in [2.45, 2.75) is 11.4 Å². The Labute approximate surface area is 99.3 Å². The smallest absolute Gasteiger partial charge is 0.126 e. The van der Waals surface area contributed by atoms with Gasteiger partial charge in [-0.1, -0.05) is 0 Å². The van der Waals surface area contributed by atoms with Gasteiger partial charge in [-0.3, -0.25) is 4.98 Å². The summed E-state index contributed by atoms with van der Waals surface area (Å²) in [6.45, 7) is 0.772. The number of aromatic nitrogens is 2. The maximum Gasteiger partial charge on any atom is 0.126 e. The number of nitrogens with zero attached hydrogens (tertiary/aromatic N) is 2. The molecule has 0 aliphatic heterocycles. The van der Waals surface area contributed by atoms with Gasteiger partial charge >= 0.3 is 0 Å². The zero-order valence-corrected chi connectivity index (χ0v) is 9.87. The van der Waals surface area contributed by atoms with Crippen LogP contribution in [0.3, 0.4) is 0 Å². The van der Waals surface area contributed by atoms with Gasteiger partial charge in [0.25, 0.3) is 0 Å². The van der Waals surface area contributed by atoms with Gasteiger partial charge in [-0.25, -0.2) is 4.98 Å². The lowest BCUT2D eigenvalue weighted by Gasteiger charge is -2.05. The Kier molecular flexibility index (Phi) is 3.77. The molecule has 0 aliphatic rings. The Bertz CT molecular complexity index is 428. The van der Waals surface area contributed by atoms with Crippen LogP contribution >= 0.6 is 11.8 Å². The highest BCUT2D eigenvalue weighted by Crippen LogP contribution is 2.14. The van der Waals surface area contributed by atoms with Gasteiger partial charge in [-0.2, -0.15) is 0 Å². The minimum absolute atomic E-state index is 0.772. The Morgan fingerprint density at radius 3 is 2.62 bits per heavy atom. The molecule has 2 heterocycles. The molecule has 0 saturated heterocycles. The van der Waals surface area contributed by atoms with Gasteiger partial charge in [0.1, 0.15) is 5.82 Å². The fourth-order valence-electron chi connectivity index (χ4n) is 1.30. The van der Waals surface area contributed by atoms with Gasteiger partial charge in [0.15, 0.2) is 0 Å². The number of rotatable bonds is 4. The van der Waals surface area contributed by atoms with Crippen molar-refractivity contribution in [1.82, 2.24) is 9.97 Å². The lowest BCUT2D eigenvalue weighted by atomic mass is 10.3. The van der Waals surface area contributed by atoms with Crippen LogP contribution in [0.5, 0.6) is 0 Å². The number of nitrogens with one attached hydrogen (secondary N) is 1. The summed E-state index contributed by atoms with van der Waals surface area (Å²) in [5, 5.41) is 3.26. The highest BCUT2D eigenvalue weighted by Gasteiger charge is 1.95. The lowest BCUT2D eigenvalue weighted by Crippen LogP contribution is -2.00. The predicted octanol–water partition coefficient (Wildman–Crippen LogP) is 2.81. The summed E-state index contributed by atoms with van der Waals surface area (Å²) in [5.41, 5.74) is 1.20. The van der Waals surface area contributed by atoms with Gasteiger partial charge in [-0.15, -0.1) is 11.8 Å². The Morgan fingerprint density at radius 1 is 1.19 bits per heavy atom. The quantitative estimate of drug-likeness (QED) is 0.821. The molecular formula is C12H13N3S. The molecule has 3 nitrogen and oxygen atoms in total. The van der Waals surface area contributed by atoms with Gasteiger partial charge in [-0.05, 0) is 36.1 Å². The topological polar surface area (TPSA) is 37.8 Å². The van der Waals surface area contributed by atoms with Crippen LogP contribution in [0, 0.1) is 0 Å². The summed E-state index contributed by atoms with van der Waals surface area (Å²) < 4.78 is 0. The first kappa shape index (κ1) is 11.0. The van der Waals surface area contributed by atoms with E-state index in [-0.39, 0.29) is 0 Å². The molecule has 0 saturated carbocycles. The second kappa shape index (κ2) is 5.51. The second-order valence-corrected chi connectivity index (χ2v) is 4.17. The Hall–Kier alpha value is -1.55. The molecule has 2 aromatic rings. The van der Waals surface area contributed by atoms with Crippen molar-refractivity contribution in [3.8, 4) is 0 Å². The summed E-state index contributed by atoms with van der Waals surface area (Å²) in [6.07, 6.45) is 7.50. The average Bonchev–Trinajstić information content (AvgIpc) is 2.38. The van der Waals surface area contributed by atoms with E-state index in [9.17, 15) is 0 Å². The van der Waals surface area contributed by atoms with Crippen LogP contribution < -0.4 is 5.32 Å². The maximum absolute atomic E-state index is 4.32. The molecule has 0 spiro atoms. The molecule has 16 heavy (non-hydrogen) atoms. The van der Waals surface area contributed by atoms with E-state index in [4.69, 9.17) is 0 Å². The molecule has 2 rings (SSSR count). The van der Waals surface area contributed by atoms with Crippen molar-refractivity contribution >= 4 is 17.6 Å². The number of thioether (sulfide) groups is 1. The van der Waals surface area contributed by atoms with Crippen LogP contribution in [0.4, 0.5) is 5.82 Å². The predicted molar refractivity (Wildman–Crippen MR) is 67.6 cm³/mol. The molecule has 82 valence electrons. The van der Waals surface area contributed by atoms with Gasteiger partial charge in [0, 0.05) is 30.0 Å². The largest absolute Gasteiger partial charge is 0.366 e. The van der Waals surface area contributed by atoms with Crippen molar-refractivity contribution in [3.63, 3.8) is 0 Å².